The lowest BCUT2D eigenvalue weighted by atomic mass is 9.90. The SMILES string of the molecule is CCC(N)(CC)CC=CC(=O)N(C)[C@H](Cc1ccc(-c2ccccc2)cc1)C(=O)N(C)[C@H](Cc1ccccc1)C(=O)NCC(C)(C)CO. The molecule has 8 nitrogen and oxygen atoms in total. The van der Waals surface area contributed by atoms with Crippen molar-refractivity contribution in [2.45, 2.75) is 77.4 Å². The highest BCUT2D eigenvalue weighted by atomic mass is 16.3. The van der Waals surface area contributed by atoms with Crippen LogP contribution in [0.15, 0.2) is 97.1 Å². The van der Waals surface area contributed by atoms with E-state index in [0.717, 1.165) is 35.1 Å². The number of hydrogen-bond donors (Lipinski definition) is 3. The molecule has 0 aliphatic heterocycles. The van der Waals surface area contributed by atoms with Crippen LogP contribution in [0.4, 0.5) is 0 Å². The van der Waals surface area contributed by atoms with Crippen LogP contribution in [-0.4, -0.2) is 77.5 Å². The molecule has 3 aromatic carbocycles. The molecule has 0 spiro atoms. The smallest absolute Gasteiger partial charge is 0.246 e. The number of hydrogen-bond acceptors (Lipinski definition) is 5. The van der Waals surface area contributed by atoms with E-state index in [-0.39, 0.29) is 43.7 Å². The largest absolute Gasteiger partial charge is 0.396 e. The van der Waals surface area contributed by atoms with E-state index in [1.165, 1.54) is 15.9 Å². The molecule has 0 bridgehead atoms. The Morgan fingerprint density at radius 2 is 1.31 bits per heavy atom. The van der Waals surface area contributed by atoms with Gasteiger partial charge >= 0.3 is 0 Å². The third-order valence-electron chi connectivity index (χ3n) is 9.34. The molecule has 3 amide bonds. The summed E-state index contributed by atoms with van der Waals surface area (Å²) in [6.45, 7) is 7.93. The van der Waals surface area contributed by atoms with E-state index in [1.54, 1.807) is 20.2 Å². The average Bonchev–Trinajstić information content (AvgIpc) is 3.11. The fraction of sp³-hybridized carbons (Fsp3) is 0.425. The summed E-state index contributed by atoms with van der Waals surface area (Å²) in [5.41, 5.74) is 9.46. The van der Waals surface area contributed by atoms with Crippen LogP contribution in [0.1, 0.15) is 58.1 Å². The van der Waals surface area contributed by atoms with Gasteiger partial charge in [-0.25, -0.2) is 0 Å². The summed E-state index contributed by atoms with van der Waals surface area (Å²) >= 11 is 0. The predicted octanol–water partition coefficient (Wildman–Crippen LogP) is 5.39. The molecule has 48 heavy (non-hydrogen) atoms. The van der Waals surface area contributed by atoms with E-state index in [0.29, 0.717) is 6.42 Å². The van der Waals surface area contributed by atoms with Gasteiger partial charge in [0.1, 0.15) is 12.1 Å². The highest BCUT2D eigenvalue weighted by molar-refractivity contribution is 5.95. The molecule has 3 rings (SSSR count). The molecule has 0 saturated heterocycles. The molecule has 2 atom stereocenters. The minimum atomic E-state index is -0.880. The van der Waals surface area contributed by atoms with Crippen LogP contribution < -0.4 is 11.1 Å². The highest BCUT2D eigenvalue weighted by Gasteiger charge is 2.35. The fourth-order valence-electron chi connectivity index (χ4n) is 5.41. The van der Waals surface area contributed by atoms with Gasteiger partial charge in [-0.15, -0.1) is 0 Å². The first-order chi connectivity index (χ1) is 22.8. The van der Waals surface area contributed by atoms with Crippen LogP contribution in [0.2, 0.25) is 0 Å². The van der Waals surface area contributed by atoms with Crippen molar-refractivity contribution in [3.63, 3.8) is 0 Å². The normalized spacial score (nSPS) is 13.2. The average molecular weight is 655 g/mol. The van der Waals surface area contributed by atoms with Crippen molar-refractivity contribution >= 4 is 17.7 Å². The van der Waals surface area contributed by atoms with Crippen molar-refractivity contribution < 1.29 is 19.5 Å². The van der Waals surface area contributed by atoms with Crippen LogP contribution in [0.5, 0.6) is 0 Å². The molecule has 0 heterocycles. The van der Waals surface area contributed by atoms with Crippen LogP contribution in [0, 0.1) is 5.41 Å². The molecular formula is C40H54N4O4. The van der Waals surface area contributed by atoms with E-state index >= 15 is 0 Å². The van der Waals surface area contributed by atoms with Gasteiger partial charge in [0.15, 0.2) is 0 Å². The highest BCUT2D eigenvalue weighted by Crippen LogP contribution is 2.22. The van der Waals surface area contributed by atoms with E-state index < -0.39 is 23.0 Å². The van der Waals surface area contributed by atoms with Crippen molar-refractivity contribution in [3.05, 3.63) is 108 Å². The van der Waals surface area contributed by atoms with Crippen LogP contribution in [0.25, 0.3) is 11.1 Å². The van der Waals surface area contributed by atoms with Gasteiger partial charge in [0, 0.05) is 51.0 Å². The number of amides is 3. The number of benzene rings is 3. The van der Waals surface area contributed by atoms with Crippen molar-refractivity contribution in [1.29, 1.82) is 0 Å². The summed E-state index contributed by atoms with van der Waals surface area (Å²) in [6.07, 6.45) is 5.94. The van der Waals surface area contributed by atoms with Gasteiger partial charge in [-0.1, -0.05) is 119 Å². The summed E-state index contributed by atoms with van der Waals surface area (Å²) < 4.78 is 0. The van der Waals surface area contributed by atoms with E-state index in [1.807, 2.05) is 113 Å². The van der Waals surface area contributed by atoms with E-state index in [9.17, 15) is 19.5 Å². The number of rotatable bonds is 17. The molecule has 4 N–H and O–H groups in total. The number of carbonyl (C=O) groups excluding carboxylic acids is 3. The molecular weight excluding hydrogens is 600 g/mol. The summed E-state index contributed by atoms with van der Waals surface area (Å²) in [4.78, 5) is 44.7. The summed E-state index contributed by atoms with van der Waals surface area (Å²) in [7, 11) is 3.25. The molecule has 0 saturated carbocycles. The monoisotopic (exact) mass is 654 g/mol. The Morgan fingerprint density at radius 3 is 1.88 bits per heavy atom. The second kappa shape index (κ2) is 17.8. The number of nitrogens with one attached hydrogen (secondary N) is 1. The van der Waals surface area contributed by atoms with Gasteiger partial charge in [0.05, 0.1) is 0 Å². The van der Waals surface area contributed by atoms with Gasteiger partial charge < -0.3 is 26.0 Å². The minimum absolute atomic E-state index is 0.0985. The molecule has 0 aliphatic carbocycles. The standard InChI is InChI=1S/C40H54N4O4/c1-7-40(41,8-2)25-15-20-36(46)43(5)35(27-31-21-23-33(24-22-31)32-18-13-10-14-19-32)38(48)44(6)34(26-30-16-11-9-12-17-30)37(47)42-28-39(3,4)29-45/h9-24,34-35,45H,7-8,25-29,41H2,1-6H3,(H,42,47)/t34-,35-/m1/s1. The second-order valence-corrected chi connectivity index (χ2v) is 13.6. The van der Waals surface area contributed by atoms with Gasteiger partial charge in [0.2, 0.25) is 17.7 Å². The Kier molecular flexibility index (Phi) is 14.1. The maximum Gasteiger partial charge on any atom is 0.246 e. The molecule has 0 fully saturated rings. The Hall–Kier alpha value is -4.27. The molecule has 0 aliphatic rings. The number of nitrogens with zero attached hydrogens (tertiary/aromatic N) is 2. The Morgan fingerprint density at radius 1 is 0.792 bits per heavy atom. The lowest BCUT2D eigenvalue weighted by Crippen LogP contribution is -2.56. The molecule has 0 aromatic heterocycles. The van der Waals surface area contributed by atoms with Crippen molar-refractivity contribution in [3.8, 4) is 11.1 Å². The minimum Gasteiger partial charge on any atom is -0.396 e. The first-order valence-corrected chi connectivity index (χ1v) is 16.9. The molecule has 3 aromatic rings. The van der Waals surface area contributed by atoms with Crippen LogP contribution in [0.3, 0.4) is 0 Å². The third kappa shape index (κ3) is 10.9. The molecule has 0 unspecified atom stereocenters. The summed E-state index contributed by atoms with van der Waals surface area (Å²) in [5, 5.41) is 12.7. The topological polar surface area (TPSA) is 116 Å². The van der Waals surface area contributed by atoms with E-state index in [4.69, 9.17) is 5.73 Å². The maximum absolute atomic E-state index is 14.5. The summed E-state index contributed by atoms with van der Waals surface area (Å²) in [6, 6.07) is 25.9. The zero-order chi connectivity index (χ0) is 35.3. The number of carbonyl (C=O) groups is 3. The lowest BCUT2D eigenvalue weighted by molar-refractivity contribution is -0.146. The van der Waals surface area contributed by atoms with Crippen molar-refractivity contribution in [2.75, 3.05) is 27.2 Å². The summed E-state index contributed by atoms with van der Waals surface area (Å²) in [5.74, 6) is -0.986. The Bertz CT molecular complexity index is 1480. The Labute approximate surface area is 287 Å². The first kappa shape index (κ1) is 38.2. The maximum atomic E-state index is 14.5. The fourth-order valence-corrected chi connectivity index (χ4v) is 5.41. The quantitative estimate of drug-likeness (QED) is 0.169. The van der Waals surface area contributed by atoms with Gasteiger partial charge in [-0.05, 0) is 47.6 Å². The third-order valence-corrected chi connectivity index (χ3v) is 9.34. The zero-order valence-electron chi connectivity index (χ0n) is 29.5. The van der Waals surface area contributed by atoms with Crippen molar-refractivity contribution in [1.82, 2.24) is 15.1 Å². The molecule has 0 radical (unpaired) electrons. The second-order valence-electron chi connectivity index (χ2n) is 13.6. The molecule has 8 heteroatoms. The zero-order valence-corrected chi connectivity index (χ0v) is 29.5. The van der Waals surface area contributed by atoms with Gasteiger partial charge in [-0.3, -0.25) is 14.4 Å². The number of aliphatic hydroxyl groups is 1. The Balaban J connectivity index is 1.94. The first-order valence-electron chi connectivity index (χ1n) is 16.9. The van der Waals surface area contributed by atoms with Gasteiger partial charge in [0.25, 0.3) is 0 Å². The predicted molar refractivity (Wildman–Crippen MR) is 194 cm³/mol. The number of aliphatic hydroxyl groups excluding tert-OH is 1. The number of likely N-dealkylation sites (N-methyl/N-ethyl adjacent to an activating group) is 2. The van der Waals surface area contributed by atoms with Gasteiger partial charge in [-0.2, -0.15) is 0 Å². The molecule has 258 valence electrons. The van der Waals surface area contributed by atoms with Crippen LogP contribution >= 0.6 is 0 Å². The lowest BCUT2D eigenvalue weighted by Gasteiger charge is -2.35. The van der Waals surface area contributed by atoms with E-state index in [2.05, 4.69) is 5.32 Å². The number of nitrogens with two attached hydrogens (primary N) is 1. The van der Waals surface area contributed by atoms with Crippen molar-refractivity contribution in [2.24, 2.45) is 11.1 Å². The van der Waals surface area contributed by atoms with Crippen LogP contribution in [-0.2, 0) is 27.2 Å².